The van der Waals surface area contributed by atoms with E-state index in [0.717, 1.165) is 11.3 Å². The summed E-state index contributed by atoms with van der Waals surface area (Å²) in [6, 6.07) is 8.90. The lowest BCUT2D eigenvalue weighted by molar-refractivity contribution is 0.249. The van der Waals surface area contributed by atoms with Gasteiger partial charge in [0.15, 0.2) is 5.82 Å². The van der Waals surface area contributed by atoms with Crippen LogP contribution in [0.4, 0.5) is 10.5 Å². The van der Waals surface area contributed by atoms with E-state index < -0.39 is 10.8 Å². The molecule has 0 radical (unpaired) electrons. The van der Waals surface area contributed by atoms with E-state index in [0.29, 0.717) is 23.7 Å². The van der Waals surface area contributed by atoms with Crippen molar-refractivity contribution in [3.05, 3.63) is 42.2 Å². The van der Waals surface area contributed by atoms with Gasteiger partial charge in [-0.3, -0.25) is 4.21 Å². The van der Waals surface area contributed by atoms with Gasteiger partial charge in [0, 0.05) is 52.0 Å². The first-order valence-corrected chi connectivity index (χ1v) is 9.44. The third-order valence-electron chi connectivity index (χ3n) is 3.41. The number of hydrogen-bond acceptors (Lipinski definition) is 4. The van der Waals surface area contributed by atoms with Crippen molar-refractivity contribution in [3.63, 3.8) is 0 Å². The van der Waals surface area contributed by atoms with Gasteiger partial charge in [0.1, 0.15) is 0 Å². The molecule has 0 spiro atoms. The number of aryl methyl sites for hydroxylation is 1. The number of hydrogen-bond donors (Lipinski definition) is 2. The normalized spacial score (nSPS) is 13.1. The highest BCUT2D eigenvalue weighted by molar-refractivity contribution is 7.84. The fourth-order valence-electron chi connectivity index (χ4n) is 2.10. The van der Waals surface area contributed by atoms with Gasteiger partial charge in [-0.2, -0.15) is 0 Å². The van der Waals surface area contributed by atoms with Gasteiger partial charge in [0.25, 0.3) is 0 Å². The lowest BCUT2D eigenvalue weighted by Gasteiger charge is -2.14. The topological polar surface area (TPSA) is 84.0 Å². The minimum absolute atomic E-state index is 0.0335. The predicted octanol–water partition coefficient (Wildman–Crippen LogP) is 2.73. The van der Waals surface area contributed by atoms with E-state index in [1.165, 1.54) is 0 Å². The number of benzene rings is 1. The lowest BCUT2D eigenvalue weighted by atomic mass is 10.2. The van der Waals surface area contributed by atoms with Crippen LogP contribution in [0.2, 0.25) is 0 Å². The van der Waals surface area contributed by atoms with Gasteiger partial charge in [-0.05, 0) is 50.6 Å². The van der Waals surface area contributed by atoms with Gasteiger partial charge < -0.3 is 10.6 Å². The second kappa shape index (κ2) is 8.54. The van der Waals surface area contributed by atoms with E-state index in [2.05, 4.69) is 20.6 Å². The molecule has 7 heteroatoms. The molecular weight excluding hydrogens is 324 g/mol. The summed E-state index contributed by atoms with van der Waals surface area (Å²) >= 11 is 0. The molecule has 2 rings (SSSR count). The monoisotopic (exact) mass is 346 g/mol. The third kappa shape index (κ3) is 5.73. The first-order chi connectivity index (χ1) is 11.4. The minimum atomic E-state index is -0.845. The SMILES string of the molecule is Cc1ccnc(-c2ccc(NC(=O)N[C@@H](C)CC[S@@](C)=O)cc2)n1. The van der Waals surface area contributed by atoms with Crippen molar-refractivity contribution in [2.45, 2.75) is 26.3 Å². The fraction of sp³-hybridized carbons (Fsp3) is 0.353. The highest BCUT2D eigenvalue weighted by Crippen LogP contribution is 2.17. The number of amides is 2. The molecule has 0 bridgehead atoms. The van der Waals surface area contributed by atoms with E-state index in [9.17, 15) is 9.00 Å². The summed E-state index contributed by atoms with van der Waals surface area (Å²) in [5.74, 6) is 1.24. The summed E-state index contributed by atoms with van der Waals surface area (Å²) < 4.78 is 11.1. The molecule has 0 aliphatic carbocycles. The van der Waals surface area contributed by atoms with Crippen LogP contribution in [0.15, 0.2) is 36.5 Å². The summed E-state index contributed by atoms with van der Waals surface area (Å²) in [5, 5.41) is 5.61. The Kier molecular flexibility index (Phi) is 6.43. The molecule has 2 amide bonds. The number of carbonyl (C=O) groups is 1. The van der Waals surface area contributed by atoms with Gasteiger partial charge in [-0.1, -0.05) is 0 Å². The lowest BCUT2D eigenvalue weighted by Crippen LogP contribution is -2.36. The molecular formula is C17H22N4O2S. The second-order valence-corrected chi connectivity index (χ2v) is 7.22. The van der Waals surface area contributed by atoms with Gasteiger partial charge in [-0.15, -0.1) is 0 Å². The summed E-state index contributed by atoms with van der Waals surface area (Å²) in [4.78, 5) is 20.6. The van der Waals surface area contributed by atoms with Crippen molar-refractivity contribution in [1.29, 1.82) is 0 Å². The number of urea groups is 1. The number of nitrogens with zero attached hydrogens (tertiary/aromatic N) is 2. The van der Waals surface area contributed by atoms with Crippen LogP contribution in [-0.4, -0.2) is 38.3 Å². The summed E-state index contributed by atoms with van der Waals surface area (Å²) in [5.41, 5.74) is 2.49. The molecule has 2 N–H and O–H groups in total. The molecule has 0 aliphatic rings. The molecule has 6 nitrogen and oxygen atoms in total. The van der Waals surface area contributed by atoms with Crippen LogP contribution in [0.25, 0.3) is 11.4 Å². The highest BCUT2D eigenvalue weighted by atomic mass is 32.2. The third-order valence-corrected chi connectivity index (χ3v) is 4.22. The standard InChI is InChI=1S/C17H22N4O2S/c1-12-8-10-18-16(19-12)14-4-6-15(7-5-14)21-17(22)20-13(2)9-11-24(3)23/h4-8,10,13H,9,11H2,1-3H3,(H2,20,21,22)/t13-,24+/m0/s1. The van der Waals surface area contributed by atoms with E-state index >= 15 is 0 Å². The zero-order valence-electron chi connectivity index (χ0n) is 14.1. The molecule has 128 valence electrons. The molecule has 2 atom stereocenters. The van der Waals surface area contributed by atoms with Crippen LogP contribution < -0.4 is 10.6 Å². The van der Waals surface area contributed by atoms with Gasteiger partial charge in [0.2, 0.25) is 0 Å². The van der Waals surface area contributed by atoms with Crippen molar-refractivity contribution < 1.29 is 9.00 Å². The number of carbonyl (C=O) groups excluding carboxylic acids is 1. The van der Waals surface area contributed by atoms with Crippen LogP contribution in [0.1, 0.15) is 19.0 Å². The Morgan fingerprint density at radius 2 is 1.96 bits per heavy atom. The average molecular weight is 346 g/mol. The van der Waals surface area contributed by atoms with E-state index in [1.54, 1.807) is 12.5 Å². The molecule has 0 fully saturated rings. The van der Waals surface area contributed by atoms with E-state index in [-0.39, 0.29) is 12.1 Å². The number of aromatic nitrogens is 2. The largest absolute Gasteiger partial charge is 0.335 e. The Bertz CT molecular complexity index is 719. The van der Waals surface area contributed by atoms with Crippen molar-refractivity contribution in [1.82, 2.24) is 15.3 Å². The average Bonchev–Trinajstić information content (AvgIpc) is 2.53. The summed E-state index contributed by atoms with van der Waals surface area (Å²) in [6.45, 7) is 3.81. The Morgan fingerprint density at radius 3 is 2.58 bits per heavy atom. The Hall–Kier alpha value is -2.28. The molecule has 2 aromatic rings. The van der Waals surface area contributed by atoms with Crippen molar-refractivity contribution in [2.75, 3.05) is 17.3 Å². The molecule has 0 saturated heterocycles. The minimum Gasteiger partial charge on any atom is -0.335 e. The summed E-state index contributed by atoms with van der Waals surface area (Å²) in [6.07, 6.45) is 4.06. The molecule has 24 heavy (non-hydrogen) atoms. The van der Waals surface area contributed by atoms with Crippen LogP contribution in [0.3, 0.4) is 0 Å². The number of anilines is 1. The highest BCUT2D eigenvalue weighted by Gasteiger charge is 2.08. The second-order valence-electron chi connectivity index (χ2n) is 5.66. The van der Waals surface area contributed by atoms with Crippen LogP contribution in [-0.2, 0) is 10.8 Å². The first kappa shape index (κ1) is 18.1. The molecule has 0 unspecified atom stereocenters. The fourth-order valence-corrected chi connectivity index (χ4v) is 2.78. The maximum atomic E-state index is 11.9. The molecule has 1 aromatic carbocycles. The van der Waals surface area contributed by atoms with Gasteiger partial charge in [-0.25, -0.2) is 14.8 Å². The van der Waals surface area contributed by atoms with E-state index in [4.69, 9.17) is 0 Å². The van der Waals surface area contributed by atoms with Crippen LogP contribution in [0.5, 0.6) is 0 Å². The Morgan fingerprint density at radius 1 is 1.25 bits per heavy atom. The molecule has 1 aromatic heterocycles. The van der Waals surface area contributed by atoms with Crippen LogP contribution >= 0.6 is 0 Å². The Labute approximate surface area is 144 Å². The van der Waals surface area contributed by atoms with Crippen molar-refractivity contribution in [2.24, 2.45) is 0 Å². The smallest absolute Gasteiger partial charge is 0.319 e. The van der Waals surface area contributed by atoms with Gasteiger partial charge in [0.05, 0.1) is 0 Å². The maximum Gasteiger partial charge on any atom is 0.319 e. The maximum absolute atomic E-state index is 11.9. The summed E-state index contributed by atoms with van der Waals surface area (Å²) in [7, 11) is -0.845. The van der Waals surface area contributed by atoms with Crippen molar-refractivity contribution >= 4 is 22.5 Å². The zero-order chi connectivity index (χ0) is 17.5. The molecule has 0 saturated carbocycles. The van der Waals surface area contributed by atoms with E-state index in [1.807, 2.05) is 44.2 Å². The van der Waals surface area contributed by atoms with Crippen molar-refractivity contribution in [3.8, 4) is 11.4 Å². The molecule has 1 heterocycles. The number of rotatable bonds is 6. The predicted molar refractivity (Wildman–Crippen MR) is 97.4 cm³/mol. The molecule has 0 aliphatic heterocycles. The quantitative estimate of drug-likeness (QED) is 0.842. The van der Waals surface area contributed by atoms with Crippen LogP contribution in [0, 0.1) is 6.92 Å². The Balaban J connectivity index is 1.91. The first-order valence-electron chi connectivity index (χ1n) is 7.71. The zero-order valence-corrected chi connectivity index (χ0v) is 14.9. The number of nitrogens with one attached hydrogen (secondary N) is 2. The van der Waals surface area contributed by atoms with Gasteiger partial charge >= 0.3 is 6.03 Å².